The van der Waals surface area contributed by atoms with Gasteiger partial charge in [0.1, 0.15) is 11.1 Å². The summed E-state index contributed by atoms with van der Waals surface area (Å²) in [7, 11) is 5.86. The highest BCUT2D eigenvalue weighted by atomic mass is 16.5. The van der Waals surface area contributed by atoms with Crippen molar-refractivity contribution in [3.8, 4) is 22.5 Å². The Bertz CT molecular complexity index is 1160. The molecule has 2 heterocycles. The number of hydrogen-bond acceptors (Lipinski definition) is 4. The third-order valence-electron chi connectivity index (χ3n) is 4.63. The highest BCUT2D eigenvalue weighted by Crippen LogP contribution is 2.28. The fourth-order valence-corrected chi connectivity index (χ4v) is 3.37. The average Bonchev–Trinajstić information content (AvgIpc) is 3.09. The van der Waals surface area contributed by atoms with Crippen LogP contribution in [0.4, 0.5) is 0 Å². The monoisotopic (exact) mass is 359 g/mol. The van der Waals surface area contributed by atoms with E-state index < -0.39 is 0 Å². The van der Waals surface area contributed by atoms with Gasteiger partial charge in [-0.15, -0.1) is 0 Å². The molecule has 5 nitrogen and oxygen atoms in total. The first-order valence-electron chi connectivity index (χ1n) is 8.83. The largest absolute Gasteiger partial charge is 0.355 e. The summed E-state index contributed by atoms with van der Waals surface area (Å²) in [6.07, 6.45) is 0. The van der Waals surface area contributed by atoms with Gasteiger partial charge in [-0.1, -0.05) is 53.7 Å². The molecule has 0 fully saturated rings. The Morgan fingerprint density at radius 3 is 2.48 bits per heavy atom. The van der Waals surface area contributed by atoms with Gasteiger partial charge in [0.05, 0.1) is 5.69 Å². The topological polar surface area (TPSA) is 51.3 Å². The van der Waals surface area contributed by atoms with Crippen LogP contribution in [0.25, 0.3) is 33.5 Å². The minimum absolute atomic E-state index is 0.111. The van der Waals surface area contributed by atoms with E-state index in [0.29, 0.717) is 16.7 Å². The Balaban J connectivity index is 1.88. The van der Waals surface area contributed by atoms with Crippen molar-refractivity contribution >= 4 is 11.0 Å². The predicted octanol–water partition coefficient (Wildman–Crippen LogP) is 3.92. The maximum atomic E-state index is 13.1. The zero-order chi connectivity index (χ0) is 19.0. The fraction of sp³-hybridized carbons (Fsp3) is 0.182. The summed E-state index contributed by atoms with van der Waals surface area (Å²) in [5, 5.41) is 4.68. The van der Waals surface area contributed by atoms with Gasteiger partial charge in [0, 0.05) is 25.2 Å². The average molecular weight is 359 g/mol. The van der Waals surface area contributed by atoms with Crippen LogP contribution in [0.2, 0.25) is 0 Å². The first kappa shape index (κ1) is 17.2. The number of hydrogen-bond donors (Lipinski definition) is 0. The number of aromatic nitrogens is 2. The molecule has 27 heavy (non-hydrogen) atoms. The van der Waals surface area contributed by atoms with Crippen LogP contribution in [0.15, 0.2) is 70.0 Å². The SMILES string of the molecule is CN(C)Cc1cccc(-c2cc3onc(-c4ccccc4)c3c(=O)n2C)c1. The molecule has 0 aliphatic heterocycles. The second-order valence-electron chi connectivity index (χ2n) is 6.97. The van der Waals surface area contributed by atoms with Crippen LogP contribution in [0.1, 0.15) is 5.56 Å². The van der Waals surface area contributed by atoms with Gasteiger partial charge >= 0.3 is 0 Å². The van der Waals surface area contributed by atoms with E-state index in [1.54, 1.807) is 11.6 Å². The molecule has 0 saturated carbocycles. The molecule has 0 radical (unpaired) electrons. The molecular formula is C22H21N3O2. The van der Waals surface area contributed by atoms with Crippen molar-refractivity contribution in [2.24, 2.45) is 7.05 Å². The van der Waals surface area contributed by atoms with Gasteiger partial charge in [-0.2, -0.15) is 0 Å². The molecule has 0 bridgehead atoms. The Labute approximate surface area is 157 Å². The minimum Gasteiger partial charge on any atom is -0.355 e. The molecule has 2 aromatic heterocycles. The molecule has 136 valence electrons. The van der Waals surface area contributed by atoms with Crippen LogP contribution < -0.4 is 5.56 Å². The molecular weight excluding hydrogens is 338 g/mol. The van der Waals surface area contributed by atoms with Gasteiger partial charge in [-0.05, 0) is 31.3 Å². The van der Waals surface area contributed by atoms with E-state index in [-0.39, 0.29) is 5.56 Å². The Kier molecular flexibility index (Phi) is 4.38. The normalized spacial score (nSPS) is 11.4. The quantitative estimate of drug-likeness (QED) is 0.554. The maximum absolute atomic E-state index is 13.1. The zero-order valence-corrected chi connectivity index (χ0v) is 15.6. The summed E-state index contributed by atoms with van der Waals surface area (Å²) in [6, 6.07) is 19.7. The molecule has 0 spiro atoms. The number of nitrogens with zero attached hydrogens (tertiary/aromatic N) is 3. The van der Waals surface area contributed by atoms with E-state index in [0.717, 1.165) is 23.4 Å². The lowest BCUT2D eigenvalue weighted by Crippen LogP contribution is -2.18. The van der Waals surface area contributed by atoms with E-state index in [2.05, 4.69) is 22.2 Å². The van der Waals surface area contributed by atoms with Crippen molar-refractivity contribution in [3.63, 3.8) is 0 Å². The summed E-state index contributed by atoms with van der Waals surface area (Å²) >= 11 is 0. The Hall–Kier alpha value is -3.18. The highest BCUT2D eigenvalue weighted by molar-refractivity contribution is 5.92. The maximum Gasteiger partial charge on any atom is 0.264 e. The van der Waals surface area contributed by atoms with Gasteiger partial charge in [-0.3, -0.25) is 4.79 Å². The fourth-order valence-electron chi connectivity index (χ4n) is 3.37. The van der Waals surface area contributed by atoms with Gasteiger partial charge in [0.2, 0.25) is 0 Å². The van der Waals surface area contributed by atoms with Gasteiger partial charge in [-0.25, -0.2) is 0 Å². The number of fused-ring (bicyclic) bond motifs is 1. The summed E-state index contributed by atoms with van der Waals surface area (Å²) in [4.78, 5) is 15.2. The lowest BCUT2D eigenvalue weighted by atomic mass is 10.0. The summed E-state index contributed by atoms with van der Waals surface area (Å²) in [5.41, 5.74) is 4.82. The third kappa shape index (κ3) is 3.17. The zero-order valence-electron chi connectivity index (χ0n) is 15.6. The third-order valence-corrected chi connectivity index (χ3v) is 4.63. The predicted molar refractivity (Wildman–Crippen MR) is 108 cm³/mol. The smallest absolute Gasteiger partial charge is 0.264 e. The van der Waals surface area contributed by atoms with Crippen molar-refractivity contribution in [1.82, 2.24) is 14.6 Å². The van der Waals surface area contributed by atoms with E-state index >= 15 is 0 Å². The number of benzene rings is 2. The van der Waals surface area contributed by atoms with Crippen LogP contribution in [0, 0.1) is 0 Å². The highest BCUT2D eigenvalue weighted by Gasteiger charge is 2.18. The number of pyridine rings is 1. The van der Waals surface area contributed by atoms with Crippen molar-refractivity contribution in [3.05, 3.63) is 76.6 Å². The molecule has 0 aliphatic carbocycles. The second-order valence-corrected chi connectivity index (χ2v) is 6.97. The molecule has 0 unspecified atom stereocenters. The van der Waals surface area contributed by atoms with Gasteiger partial charge in [0.15, 0.2) is 5.58 Å². The molecule has 0 atom stereocenters. The molecule has 0 amide bonds. The molecule has 5 heteroatoms. The molecule has 4 aromatic rings. The Morgan fingerprint density at radius 2 is 1.74 bits per heavy atom. The summed E-state index contributed by atoms with van der Waals surface area (Å²) in [5.74, 6) is 0. The van der Waals surface area contributed by atoms with E-state index in [1.807, 2.05) is 62.6 Å². The van der Waals surface area contributed by atoms with Crippen LogP contribution in [0.5, 0.6) is 0 Å². The summed E-state index contributed by atoms with van der Waals surface area (Å²) in [6.45, 7) is 0.838. The van der Waals surface area contributed by atoms with Crippen molar-refractivity contribution in [2.75, 3.05) is 14.1 Å². The van der Waals surface area contributed by atoms with Crippen molar-refractivity contribution < 1.29 is 4.52 Å². The molecule has 4 rings (SSSR count). The number of rotatable bonds is 4. The minimum atomic E-state index is -0.111. The van der Waals surface area contributed by atoms with Crippen molar-refractivity contribution in [1.29, 1.82) is 0 Å². The van der Waals surface area contributed by atoms with Crippen LogP contribution in [0.3, 0.4) is 0 Å². The van der Waals surface area contributed by atoms with E-state index in [4.69, 9.17) is 4.52 Å². The van der Waals surface area contributed by atoms with Crippen LogP contribution in [-0.2, 0) is 13.6 Å². The van der Waals surface area contributed by atoms with E-state index in [1.165, 1.54) is 5.56 Å². The van der Waals surface area contributed by atoms with Crippen LogP contribution >= 0.6 is 0 Å². The molecule has 0 saturated heterocycles. The lowest BCUT2D eigenvalue weighted by Gasteiger charge is -2.13. The Morgan fingerprint density at radius 1 is 1.00 bits per heavy atom. The van der Waals surface area contributed by atoms with Crippen molar-refractivity contribution in [2.45, 2.75) is 6.54 Å². The van der Waals surface area contributed by atoms with E-state index in [9.17, 15) is 4.79 Å². The molecule has 2 aromatic carbocycles. The van der Waals surface area contributed by atoms with Crippen LogP contribution in [-0.4, -0.2) is 28.7 Å². The van der Waals surface area contributed by atoms with Gasteiger partial charge in [0.25, 0.3) is 5.56 Å². The van der Waals surface area contributed by atoms with Gasteiger partial charge < -0.3 is 14.0 Å². The summed E-state index contributed by atoms with van der Waals surface area (Å²) < 4.78 is 7.19. The molecule has 0 aliphatic rings. The first-order chi connectivity index (χ1) is 13.0. The lowest BCUT2D eigenvalue weighted by molar-refractivity contribution is 0.402. The standard InChI is InChI=1S/C22H21N3O2/c1-24(2)14-15-8-7-11-17(12-15)18-13-19-20(22(26)25(18)3)21(23-27-19)16-9-5-4-6-10-16/h4-13H,14H2,1-3H3. The second kappa shape index (κ2) is 6.85. The first-order valence-corrected chi connectivity index (χ1v) is 8.83. The molecule has 0 N–H and O–H groups in total.